The zero-order valence-corrected chi connectivity index (χ0v) is 43.9. The summed E-state index contributed by atoms with van der Waals surface area (Å²) in [5, 5.41) is 0. The Kier molecular flexibility index (Phi) is 52.4. The van der Waals surface area contributed by atoms with E-state index >= 15 is 0 Å². The molecule has 0 aliphatic rings. The normalized spacial score (nSPS) is 12.7. The average molecular weight is 933 g/mol. The molecule has 0 aliphatic heterocycles. The molecule has 0 rings (SSSR count). The smallest absolute Gasteiger partial charge is 0.306 e. The molecule has 6 heteroatoms. The van der Waals surface area contributed by atoms with Crippen molar-refractivity contribution in [2.45, 2.75) is 271 Å². The number of ether oxygens (including phenoxy) is 3. The van der Waals surface area contributed by atoms with Gasteiger partial charge in [0.25, 0.3) is 0 Å². The summed E-state index contributed by atoms with van der Waals surface area (Å²) in [6, 6.07) is 0. The summed E-state index contributed by atoms with van der Waals surface area (Å²) in [4.78, 5) is 38.1. The molecule has 384 valence electrons. The summed E-state index contributed by atoms with van der Waals surface area (Å²) in [6.07, 6.45) is 71.4. The molecule has 6 nitrogen and oxygen atoms in total. The number of hydrogen-bond acceptors (Lipinski definition) is 6. The molecule has 0 radical (unpaired) electrons. The predicted octanol–water partition coefficient (Wildman–Crippen LogP) is 18.8. The molecule has 0 unspecified atom stereocenters. The molecule has 1 atom stereocenters. The first-order valence-corrected chi connectivity index (χ1v) is 28.1. The predicted molar refractivity (Wildman–Crippen MR) is 288 cm³/mol. The van der Waals surface area contributed by atoms with Crippen LogP contribution in [0.3, 0.4) is 0 Å². The summed E-state index contributed by atoms with van der Waals surface area (Å²) < 4.78 is 16.8. The minimum Gasteiger partial charge on any atom is -0.462 e. The fraction of sp³-hybridized carbons (Fsp3) is 0.721. The van der Waals surface area contributed by atoms with Gasteiger partial charge >= 0.3 is 17.9 Å². The first kappa shape index (κ1) is 63.6. The van der Waals surface area contributed by atoms with Crippen LogP contribution in [0.4, 0.5) is 0 Å². The average Bonchev–Trinajstić information content (AvgIpc) is 3.33. The van der Waals surface area contributed by atoms with E-state index in [9.17, 15) is 14.4 Å². The Bertz CT molecular complexity index is 1300. The van der Waals surface area contributed by atoms with Gasteiger partial charge in [0.1, 0.15) is 13.2 Å². The van der Waals surface area contributed by atoms with E-state index in [1.807, 2.05) is 0 Å². The van der Waals surface area contributed by atoms with Crippen LogP contribution in [0.1, 0.15) is 265 Å². The molecule has 0 N–H and O–H groups in total. The van der Waals surface area contributed by atoms with E-state index in [1.54, 1.807) is 0 Å². The molecule has 0 aliphatic carbocycles. The minimum atomic E-state index is -0.798. The van der Waals surface area contributed by atoms with Crippen molar-refractivity contribution in [2.75, 3.05) is 13.2 Å². The Balaban J connectivity index is 4.46. The maximum Gasteiger partial charge on any atom is 0.306 e. The lowest BCUT2D eigenvalue weighted by molar-refractivity contribution is -0.167. The lowest BCUT2D eigenvalue weighted by atomic mass is 10.1. The Hall–Kier alpha value is -3.41. The second-order valence-electron chi connectivity index (χ2n) is 18.5. The van der Waals surface area contributed by atoms with Crippen LogP contribution in [0.15, 0.2) is 85.1 Å². The number of hydrogen-bond donors (Lipinski definition) is 0. The van der Waals surface area contributed by atoms with Crippen molar-refractivity contribution in [3.63, 3.8) is 0 Å². The molecular formula is C61H104O6. The lowest BCUT2D eigenvalue weighted by Gasteiger charge is -2.18. The van der Waals surface area contributed by atoms with Gasteiger partial charge in [0.15, 0.2) is 6.10 Å². The summed E-state index contributed by atoms with van der Waals surface area (Å²) in [7, 11) is 0. The number of allylic oxidation sites excluding steroid dienone is 14. The molecule has 0 aromatic carbocycles. The third-order valence-electron chi connectivity index (χ3n) is 11.9. The number of esters is 3. The Morgan fingerprint density at radius 2 is 0.582 bits per heavy atom. The molecule has 0 saturated carbocycles. The van der Waals surface area contributed by atoms with Crippen LogP contribution in [0.2, 0.25) is 0 Å². The third-order valence-corrected chi connectivity index (χ3v) is 11.9. The van der Waals surface area contributed by atoms with Crippen molar-refractivity contribution in [1.82, 2.24) is 0 Å². The van der Waals surface area contributed by atoms with E-state index in [4.69, 9.17) is 14.2 Å². The van der Waals surface area contributed by atoms with Gasteiger partial charge in [0, 0.05) is 19.3 Å². The molecule has 0 aromatic rings. The monoisotopic (exact) mass is 933 g/mol. The van der Waals surface area contributed by atoms with Gasteiger partial charge in [-0.1, -0.05) is 215 Å². The van der Waals surface area contributed by atoms with Gasteiger partial charge in [-0.05, 0) is 116 Å². The number of unbranched alkanes of at least 4 members (excludes halogenated alkanes) is 25. The lowest BCUT2D eigenvalue weighted by Crippen LogP contribution is -2.30. The Morgan fingerprint density at radius 3 is 0.940 bits per heavy atom. The molecule has 67 heavy (non-hydrogen) atoms. The zero-order chi connectivity index (χ0) is 48.6. The fourth-order valence-electron chi connectivity index (χ4n) is 7.63. The molecule has 0 amide bonds. The first-order chi connectivity index (χ1) is 33.0. The Morgan fingerprint density at radius 1 is 0.313 bits per heavy atom. The molecule has 0 bridgehead atoms. The number of carbonyl (C=O) groups is 3. The van der Waals surface area contributed by atoms with Crippen molar-refractivity contribution >= 4 is 17.9 Å². The molecule has 0 spiro atoms. The van der Waals surface area contributed by atoms with E-state index in [1.165, 1.54) is 109 Å². The van der Waals surface area contributed by atoms with Crippen molar-refractivity contribution in [2.24, 2.45) is 0 Å². The molecule has 0 fully saturated rings. The summed E-state index contributed by atoms with van der Waals surface area (Å²) >= 11 is 0. The van der Waals surface area contributed by atoms with E-state index in [0.29, 0.717) is 19.3 Å². The van der Waals surface area contributed by atoms with Crippen molar-refractivity contribution < 1.29 is 28.6 Å². The highest BCUT2D eigenvalue weighted by atomic mass is 16.6. The van der Waals surface area contributed by atoms with Gasteiger partial charge < -0.3 is 14.2 Å². The second-order valence-corrected chi connectivity index (χ2v) is 18.5. The standard InChI is InChI=1S/C61H104O6/c1-4-7-10-13-16-19-22-25-28-30-31-32-34-36-39-42-45-48-51-54-60(63)66-57-58(56-65-59(62)53-50-47-44-41-38-35-27-24-21-18-15-12-9-6-3)67-61(64)55-52-49-46-43-40-37-33-29-26-23-20-17-14-11-8-5-2/h7,10,16,19,24-25,27-29,31-33,36,39,58H,4-6,8-9,11-15,17-18,20-23,26,30,34-35,37-38,40-57H2,1-3H3/b10-7-,19-16-,27-24-,28-25-,32-31-,33-29-,39-36-/t58-/m1/s1. The summed E-state index contributed by atoms with van der Waals surface area (Å²) in [5.41, 5.74) is 0. The molecular weight excluding hydrogens is 829 g/mol. The van der Waals surface area contributed by atoms with Crippen molar-refractivity contribution in [3.8, 4) is 0 Å². The van der Waals surface area contributed by atoms with Gasteiger partial charge in [0.2, 0.25) is 0 Å². The molecule has 0 heterocycles. The van der Waals surface area contributed by atoms with Crippen LogP contribution in [0.25, 0.3) is 0 Å². The molecule has 0 saturated heterocycles. The molecule has 0 aromatic heterocycles. The van der Waals surface area contributed by atoms with Crippen LogP contribution >= 0.6 is 0 Å². The highest BCUT2D eigenvalue weighted by Crippen LogP contribution is 2.14. The number of rotatable bonds is 50. The quantitative estimate of drug-likeness (QED) is 0.0262. The number of carbonyl (C=O) groups excluding carboxylic acids is 3. The van der Waals surface area contributed by atoms with E-state index in [0.717, 1.165) is 116 Å². The van der Waals surface area contributed by atoms with Gasteiger partial charge in [-0.25, -0.2) is 0 Å². The first-order valence-electron chi connectivity index (χ1n) is 28.1. The van der Waals surface area contributed by atoms with Crippen LogP contribution < -0.4 is 0 Å². The van der Waals surface area contributed by atoms with Crippen molar-refractivity contribution in [3.05, 3.63) is 85.1 Å². The summed E-state index contributed by atoms with van der Waals surface area (Å²) in [5.74, 6) is -0.940. The van der Waals surface area contributed by atoms with Gasteiger partial charge in [-0.15, -0.1) is 0 Å². The van der Waals surface area contributed by atoms with Crippen LogP contribution in [0.5, 0.6) is 0 Å². The van der Waals surface area contributed by atoms with Gasteiger partial charge in [0.05, 0.1) is 0 Å². The highest BCUT2D eigenvalue weighted by molar-refractivity contribution is 5.71. The fourth-order valence-corrected chi connectivity index (χ4v) is 7.63. The van der Waals surface area contributed by atoms with E-state index < -0.39 is 6.10 Å². The van der Waals surface area contributed by atoms with Crippen LogP contribution in [-0.4, -0.2) is 37.2 Å². The van der Waals surface area contributed by atoms with Gasteiger partial charge in [-0.3, -0.25) is 14.4 Å². The largest absolute Gasteiger partial charge is 0.462 e. The van der Waals surface area contributed by atoms with Crippen LogP contribution in [-0.2, 0) is 28.6 Å². The topological polar surface area (TPSA) is 78.9 Å². The van der Waals surface area contributed by atoms with E-state index in [-0.39, 0.29) is 31.1 Å². The van der Waals surface area contributed by atoms with Gasteiger partial charge in [-0.2, -0.15) is 0 Å². The maximum absolute atomic E-state index is 12.8. The summed E-state index contributed by atoms with van der Waals surface area (Å²) in [6.45, 7) is 6.48. The SMILES string of the molecule is CC/C=C\C/C=C\C/C=C\C/C=C\C/C=C\CCCCCC(=O)OC[C@@H](COC(=O)CCCCCCC/C=C\CCCCCCC)OC(=O)CCCCCCC/C=C\CCCCCCCCC. The third kappa shape index (κ3) is 53.4. The van der Waals surface area contributed by atoms with Crippen LogP contribution in [0, 0.1) is 0 Å². The highest BCUT2D eigenvalue weighted by Gasteiger charge is 2.19. The minimum absolute atomic E-state index is 0.0947. The second kappa shape index (κ2) is 55.2. The van der Waals surface area contributed by atoms with Crippen molar-refractivity contribution in [1.29, 1.82) is 0 Å². The zero-order valence-electron chi connectivity index (χ0n) is 43.9. The maximum atomic E-state index is 12.8. The Labute approximate surface area is 414 Å². The van der Waals surface area contributed by atoms with E-state index in [2.05, 4.69) is 106 Å².